The number of benzene rings is 1. The minimum Gasteiger partial charge on any atom is -0.477 e. The lowest BCUT2D eigenvalue weighted by molar-refractivity contribution is 0.0685. The molecule has 0 saturated heterocycles. The van der Waals surface area contributed by atoms with Crippen molar-refractivity contribution in [3.8, 4) is 11.1 Å². The number of carboxylic acids is 2. The van der Waals surface area contributed by atoms with E-state index in [0.717, 1.165) is 0 Å². The van der Waals surface area contributed by atoms with Crippen molar-refractivity contribution in [1.82, 2.24) is 4.98 Å². The fourth-order valence-corrected chi connectivity index (χ4v) is 1.68. The Labute approximate surface area is 113 Å². The van der Waals surface area contributed by atoms with Crippen molar-refractivity contribution < 1.29 is 19.8 Å². The molecule has 1 heterocycles. The quantitative estimate of drug-likeness (QED) is 0.901. The molecule has 2 rings (SSSR count). The molecule has 2 N–H and O–H groups in total. The van der Waals surface area contributed by atoms with E-state index in [2.05, 4.69) is 4.98 Å². The lowest BCUT2D eigenvalue weighted by Crippen LogP contribution is -2.07. The van der Waals surface area contributed by atoms with Gasteiger partial charge in [0, 0.05) is 5.02 Å². The smallest absolute Gasteiger partial charge is 0.354 e. The minimum atomic E-state index is -1.28. The Bertz CT molecular complexity index is 620. The molecule has 0 bridgehead atoms. The van der Waals surface area contributed by atoms with E-state index in [1.54, 1.807) is 24.3 Å². The van der Waals surface area contributed by atoms with Crippen LogP contribution in [0, 0.1) is 0 Å². The number of pyridine rings is 1. The molecule has 2 aromatic rings. The molecule has 0 aliphatic rings. The third kappa shape index (κ3) is 2.89. The van der Waals surface area contributed by atoms with Crippen molar-refractivity contribution in [3.63, 3.8) is 0 Å². The Morgan fingerprint density at radius 3 is 1.79 bits per heavy atom. The second-order valence-electron chi connectivity index (χ2n) is 3.74. The van der Waals surface area contributed by atoms with Gasteiger partial charge in [-0.3, -0.25) is 0 Å². The van der Waals surface area contributed by atoms with Crippen LogP contribution in [0.25, 0.3) is 11.1 Å². The molecule has 6 heteroatoms. The van der Waals surface area contributed by atoms with Gasteiger partial charge in [0.15, 0.2) is 0 Å². The van der Waals surface area contributed by atoms with E-state index in [1.807, 2.05) is 0 Å². The summed E-state index contributed by atoms with van der Waals surface area (Å²) in [6.45, 7) is 0. The first-order valence-corrected chi connectivity index (χ1v) is 5.60. The fraction of sp³-hybridized carbons (Fsp3) is 0. The molecule has 0 fully saturated rings. The van der Waals surface area contributed by atoms with Crippen molar-refractivity contribution in [2.75, 3.05) is 0 Å². The summed E-state index contributed by atoms with van der Waals surface area (Å²) in [6.07, 6.45) is 0. The summed E-state index contributed by atoms with van der Waals surface area (Å²) in [5, 5.41) is 18.4. The van der Waals surface area contributed by atoms with Gasteiger partial charge in [-0.2, -0.15) is 0 Å². The van der Waals surface area contributed by atoms with Crippen molar-refractivity contribution in [3.05, 3.63) is 52.8 Å². The van der Waals surface area contributed by atoms with Gasteiger partial charge in [0.2, 0.25) is 0 Å². The topological polar surface area (TPSA) is 87.5 Å². The van der Waals surface area contributed by atoms with Crippen LogP contribution in [0.5, 0.6) is 0 Å². The van der Waals surface area contributed by atoms with Crippen LogP contribution >= 0.6 is 11.6 Å². The number of halogens is 1. The van der Waals surface area contributed by atoms with Crippen molar-refractivity contribution in [2.45, 2.75) is 0 Å². The molecule has 0 spiro atoms. The van der Waals surface area contributed by atoms with E-state index < -0.39 is 11.9 Å². The first-order chi connectivity index (χ1) is 8.97. The highest BCUT2D eigenvalue weighted by Gasteiger charge is 2.14. The van der Waals surface area contributed by atoms with Gasteiger partial charge >= 0.3 is 11.9 Å². The standard InChI is InChI=1S/C13H8ClNO4/c14-9-3-1-7(2-4-9)8-5-10(12(16)17)15-11(6-8)13(18)19/h1-6H,(H,16,17)(H,18,19). The molecule has 0 unspecified atom stereocenters. The SMILES string of the molecule is O=C(O)c1cc(-c2ccc(Cl)cc2)cc(C(=O)O)n1. The maximum absolute atomic E-state index is 10.9. The number of carboxylic acid groups (broad SMARTS) is 2. The molecule has 0 aliphatic heterocycles. The molecular weight excluding hydrogens is 270 g/mol. The largest absolute Gasteiger partial charge is 0.477 e. The molecule has 0 amide bonds. The summed E-state index contributed by atoms with van der Waals surface area (Å²) < 4.78 is 0. The van der Waals surface area contributed by atoms with E-state index >= 15 is 0 Å². The average Bonchev–Trinajstić information content (AvgIpc) is 2.39. The highest BCUT2D eigenvalue weighted by atomic mass is 35.5. The molecule has 0 saturated carbocycles. The summed E-state index contributed by atoms with van der Waals surface area (Å²) >= 11 is 5.76. The number of nitrogens with zero attached hydrogens (tertiary/aromatic N) is 1. The minimum absolute atomic E-state index is 0.315. The summed E-state index contributed by atoms with van der Waals surface area (Å²) in [4.78, 5) is 25.4. The normalized spacial score (nSPS) is 10.2. The van der Waals surface area contributed by atoms with Crippen molar-refractivity contribution in [1.29, 1.82) is 0 Å². The lowest BCUT2D eigenvalue weighted by atomic mass is 10.0. The average molecular weight is 278 g/mol. The van der Waals surface area contributed by atoms with E-state index in [9.17, 15) is 9.59 Å². The molecule has 5 nitrogen and oxygen atoms in total. The molecule has 0 aliphatic carbocycles. The van der Waals surface area contributed by atoms with Crippen LogP contribution in [0.15, 0.2) is 36.4 Å². The van der Waals surface area contributed by atoms with Gasteiger partial charge in [0.1, 0.15) is 11.4 Å². The van der Waals surface area contributed by atoms with E-state index in [-0.39, 0.29) is 11.4 Å². The van der Waals surface area contributed by atoms with Gasteiger partial charge in [-0.15, -0.1) is 0 Å². The Hall–Kier alpha value is -2.40. The second-order valence-corrected chi connectivity index (χ2v) is 4.18. The predicted molar refractivity (Wildman–Crippen MR) is 68.6 cm³/mol. The zero-order valence-corrected chi connectivity index (χ0v) is 10.3. The van der Waals surface area contributed by atoms with Crippen molar-refractivity contribution >= 4 is 23.5 Å². The highest BCUT2D eigenvalue weighted by Crippen LogP contribution is 2.23. The Morgan fingerprint density at radius 1 is 0.895 bits per heavy atom. The number of aromatic nitrogens is 1. The second kappa shape index (κ2) is 5.07. The van der Waals surface area contributed by atoms with Gasteiger partial charge in [0.05, 0.1) is 0 Å². The molecule has 96 valence electrons. The Kier molecular flexibility index (Phi) is 3.48. The molecule has 0 radical (unpaired) electrons. The molecule has 1 aromatic heterocycles. The Morgan fingerprint density at radius 2 is 1.37 bits per heavy atom. The van der Waals surface area contributed by atoms with Crippen LogP contribution in [0.4, 0.5) is 0 Å². The third-order valence-corrected chi connectivity index (χ3v) is 2.69. The van der Waals surface area contributed by atoms with Gasteiger partial charge in [-0.1, -0.05) is 23.7 Å². The molecular formula is C13H8ClNO4. The summed E-state index contributed by atoms with van der Waals surface area (Å²) in [5.74, 6) is -2.56. The number of hydrogen-bond acceptors (Lipinski definition) is 3. The number of hydrogen-bond donors (Lipinski definition) is 2. The van der Waals surface area contributed by atoms with Crippen LogP contribution in [0.2, 0.25) is 5.02 Å². The third-order valence-electron chi connectivity index (χ3n) is 2.44. The summed E-state index contributed by atoms with van der Waals surface area (Å²) in [6, 6.07) is 9.26. The molecule has 19 heavy (non-hydrogen) atoms. The van der Waals surface area contributed by atoms with Crippen LogP contribution in [0.3, 0.4) is 0 Å². The van der Waals surface area contributed by atoms with Crippen LogP contribution in [0.1, 0.15) is 21.0 Å². The predicted octanol–water partition coefficient (Wildman–Crippen LogP) is 2.80. The van der Waals surface area contributed by atoms with Crippen LogP contribution in [-0.4, -0.2) is 27.1 Å². The van der Waals surface area contributed by atoms with Crippen LogP contribution < -0.4 is 0 Å². The number of carbonyl (C=O) groups is 2. The van der Waals surface area contributed by atoms with Gasteiger partial charge in [-0.25, -0.2) is 14.6 Å². The van der Waals surface area contributed by atoms with Crippen LogP contribution in [-0.2, 0) is 0 Å². The zero-order valence-electron chi connectivity index (χ0n) is 9.50. The van der Waals surface area contributed by atoms with Gasteiger partial charge in [0.25, 0.3) is 0 Å². The first kappa shape index (κ1) is 13.0. The fourth-order valence-electron chi connectivity index (χ4n) is 1.56. The Balaban J connectivity index is 2.59. The maximum atomic E-state index is 10.9. The first-order valence-electron chi connectivity index (χ1n) is 5.22. The van der Waals surface area contributed by atoms with Gasteiger partial charge in [-0.05, 0) is 35.4 Å². The number of aromatic carboxylic acids is 2. The van der Waals surface area contributed by atoms with E-state index in [1.165, 1.54) is 12.1 Å². The van der Waals surface area contributed by atoms with E-state index in [0.29, 0.717) is 16.1 Å². The lowest BCUT2D eigenvalue weighted by Gasteiger charge is -2.05. The van der Waals surface area contributed by atoms with Gasteiger partial charge < -0.3 is 10.2 Å². The van der Waals surface area contributed by atoms with Crippen molar-refractivity contribution in [2.24, 2.45) is 0 Å². The summed E-state index contributed by atoms with van der Waals surface area (Å²) in [7, 11) is 0. The zero-order chi connectivity index (χ0) is 14.0. The monoisotopic (exact) mass is 277 g/mol. The molecule has 1 aromatic carbocycles. The number of rotatable bonds is 3. The summed E-state index contributed by atoms with van der Waals surface area (Å²) in [5.41, 5.74) is 0.493. The molecule has 0 atom stereocenters. The maximum Gasteiger partial charge on any atom is 0.354 e. The van der Waals surface area contributed by atoms with E-state index in [4.69, 9.17) is 21.8 Å². The highest BCUT2D eigenvalue weighted by molar-refractivity contribution is 6.30.